The number of nitrogens with one attached hydrogen (secondary N) is 1. The number of hydrogen-bond donors (Lipinski definition) is 1. The number of likely N-dealkylation sites (N-methyl/N-ethyl adjacent to an activating group) is 1. The van der Waals surface area contributed by atoms with E-state index < -0.39 is 0 Å². The third-order valence-corrected chi connectivity index (χ3v) is 4.38. The SMILES string of the molecule is CSCc1ccc(-c2nc(C3CNCCN3C)no2)cc1.Cl. The zero-order chi connectivity index (χ0) is 14.7. The normalized spacial score (nSPS) is 18.9. The molecule has 7 heteroatoms. The van der Waals surface area contributed by atoms with Crippen LogP contribution in [0, 0.1) is 0 Å². The van der Waals surface area contributed by atoms with E-state index in [0.29, 0.717) is 5.89 Å². The van der Waals surface area contributed by atoms with Crippen LogP contribution in [0.15, 0.2) is 28.8 Å². The van der Waals surface area contributed by atoms with Crippen LogP contribution in [0.3, 0.4) is 0 Å². The fourth-order valence-corrected chi connectivity index (χ4v) is 3.02. The van der Waals surface area contributed by atoms with Gasteiger partial charge in [-0.15, -0.1) is 12.4 Å². The van der Waals surface area contributed by atoms with Crippen molar-refractivity contribution in [2.75, 3.05) is 32.9 Å². The number of piperazine rings is 1. The standard InChI is InChI=1S/C15H20N4OS.ClH/c1-19-8-7-16-9-13(19)14-17-15(20-18-14)12-5-3-11(4-6-12)10-21-2;/h3-6,13,16H,7-10H2,1-2H3;1H. The van der Waals surface area contributed by atoms with Gasteiger partial charge in [-0.1, -0.05) is 17.3 Å². The number of rotatable bonds is 4. The molecule has 1 aliphatic heterocycles. The average molecular weight is 341 g/mol. The average Bonchev–Trinajstić information content (AvgIpc) is 2.98. The molecule has 3 rings (SSSR count). The molecule has 1 fully saturated rings. The van der Waals surface area contributed by atoms with E-state index in [9.17, 15) is 0 Å². The van der Waals surface area contributed by atoms with Gasteiger partial charge in [0.05, 0.1) is 6.04 Å². The van der Waals surface area contributed by atoms with Crippen LogP contribution in [0.25, 0.3) is 11.5 Å². The maximum absolute atomic E-state index is 5.43. The van der Waals surface area contributed by atoms with Crippen molar-refractivity contribution < 1.29 is 4.52 Å². The molecule has 0 bridgehead atoms. The van der Waals surface area contributed by atoms with Crippen LogP contribution in [0.1, 0.15) is 17.4 Å². The van der Waals surface area contributed by atoms with Crippen LogP contribution in [0.5, 0.6) is 0 Å². The summed E-state index contributed by atoms with van der Waals surface area (Å²) in [6.07, 6.45) is 2.10. The first-order valence-corrected chi connectivity index (χ1v) is 8.50. The second kappa shape index (κ2) is 7.97. The Balaban J connectivity index is 0.00000176. The molecular weight excluding hydrogens is 320 g/mol. The lowest BCUT2D eigenvalue weighted by Gasteiger charge is -2.30. The molecule has 1 saturated heterocycles. The highest BCUT2D eigenvalue weighted by Gasteiger charge is 2.25. The molecule has 120 valence electrons. The summed E-state index contributed by atoms with van der Waals surface area (Å²) in [7, 11) is 2.10. The predicted molar refractivity (Wildman–Crippen MR) is 92.4 cm³/mol. The molecule has 0 radical (unpaired) electrons. The van der Waals surface area contributed by atoms with Gasteiger partial charge in [0.1, 0.15) is 0 Å². The lowest BCUT2D eigenvalue weighted by molar-refractivity contribution is 0.190. The summed E-state index contributed by atoms with van der Waals surface area (Å²) in [6, 6.07) is 8.51. The summed E-state index contributed by atoms with van der Waals surface area (Å²) in [5.74, 6) is 2.38. The smallest absolute Gasteiger partial charge is 0.257 e. The third-order valence-electron chi connectivity index (χ3n) is 3.76. The van der Waals surface area contributed by atoms with Crippen LogP contribution < -0.4 is 5.32 Å². The topological polar surface area (TPSA) is 54.2 Å². The van der Waals surface area contributed by atoms with Crippen molar-refractivity contribution in [3.05, 3.63) is 35.7 Å². The van der Waals surface area contributed by atoms with Gasteiger partial charge in [-0.3, -0.25) is 4.90 Å². The monoisotopic (exact) mass is 340 g/mol. The summed E-state index contributed by atoms with van der Waals surface area (Å²) in [5, 5.41) is 7.52. The first-order valence-electron chi connectivity index (χ1n) is 7.11. The van der Waals surface area contributed by atoms with Gasteiger partial charge in [-0.05, 0) is 31.0 Å². The minimum absolute atomic E-state index is 0. The Hall–Kier alpha value is -1.08. The predicted octanol–water partition coefficient (Wildman–Crippen LogP) is 2.60. The Morgan fingerprint density at radius 1 is 1.36 bits per heavy atom. The van der Waals surface area contributed by atoms with Gasteiger partial charge in [0.2, 0.25) is 0 Å². The van der Waals surface area contributed by atoms with Crippen molar-refractivity contribution in [1.82, 2.24) is 20.4 Å². The summed E-state index contributed by atoms with van der Waals surface area (Å²) in [6.45, 7) is 2.87. The van der Waals surface area contributed by atoms with Crippen molar-refractivity contribution in [3.8, 4) is 11.5 Å². The molecule has 1 N–H and O–H groups in total. The molecule has 1 unspecified atom stereocenters. The second-order valence-electron chi connectivity index (χ2n) is 5.29. The van der Waals surface area contributed by atoms with Crippen LogP contribution in [-0.2, 0) is 5.75 Å². The summed E-state index contributed by atoms with van der Waals surface area (Å²) < 4.78 is 5.43. The number of hydrogen-bond acceptors (Lipinski definition) is 6. The van der Waals surface area contributed by atoms with Crippen LogP contribution in [0.2, 0.25) is 0 Å². The lowest BCUT2D eigenvalue weighted by atomic mass is 10.1. The number of halogens is 1. The summed E-state index contributed by atoms with van der Waals surface area (Å²) >= 11 is 1.82. The van der Waals surface area contributed by atoms with Crippen molar-refractivity contribution in [2.24, 2.45) is 0 Å². The van der Waals surface area contributed by atoms with E-state index in [1.54, 1.807) is 0 Å². The van der Waals surface area contributed by atoms with Crippen LogP contribution >= 0.6 is 24.2 Å². The molecule has 0 saturated carbocycles. The number of nitrogens with zero attached hydrogens (tertiary/aromatic N) is 3. The Labute approximate surface area is 141 Å². The van der Waals surface area contributed by atoms with E-state index >= 15 is 0 Å². The molecule has 1 aliphatic rings. The molecule has 2 heterocycles. The zero-order valence-electron chi connectivity index (χ0n) is 12.8. The van der Waals surface area contributed by atoms with Gasteiger partial charge >= 0.3 is 0 Å². The highest BCUT2D eigenvalue weighted by Crippen LogP contribution is 2.23. The fraction of sp³-hybridized carbons (Fsp3) is 0.467. The first-order chi connectivity index (χ1) is 10.3. The molecular formula is C15H21ClN4OS. The van der Waals surface area contributed by atoms with Crippen molar-refractivity contribution >= 4 is 24.2 Å². The Kier molecular flexibility index (Phi) is 6.26. The Morgan fingerprint density at radius 2 is 2.14 bits per heavy atom. The van der Waals surface area contributed by atoms with Gasteiger partial charge in [-0.25, -0.2) is 0 Å². The molecule has 2 aromatic rings. The van der Waals surface area contributed by atoms with E-state index in [-0.39, 0.29) is 18.4 Å². The van der Waals surface area contributed by atoms with E-state index in [2.05, 4.69) is 45.8 Å². The number of aromatic nitrogens is 2. The van der Waals surface area contributed by atoms with Crippen molar-refractivity contribution in [1.29, 1.82) is 0 Å². The quantitative estimate of drug-likeness (QED) is 0.923. The molecule has 1 aromatic heterocycles. The van der Waals surface area contributed by atoms with E-state index in [1.165, 1.54) is 5.56 Å². The second-order valence-corrected chi connectivity index (χ2v) is 6.15. The van der Waals surface area contributed by atoms with Gasteiger partial charge in [-0.2, -0.15) is 16.7 Å². The van der Waals surface area contributed by atoms with Gasteiger partial charge < -0.3 is 9.84 Å². The van der Waals surface area contributed by atoms with Gasteiger partial charge in [0.15, 0.2) is 5.82 Å². The maximum Gasteiger partial charge on any atom is 0.257 e. The molecule has 1 aromatic carbocycles. The highest BCUT2D eigenvalue weighted by atomic mass is 35.5. The van der Waals surface area contributed by atoms with Gasteiger partial charge in [0.25, 0.3) is 5.89 Å². The van der Waals surface area contributed by atoms with Gasteiger partial charge in [0, 0.05) is 31.0 Å². The first kappa shape index (κ1) is 17.3. The van der Waals surface area contributed by atoms with Crippen molar-refractivity contribution in [2.45, 2.75) is 11.8 Å². The van der Waals surface area contributed by atoms with E-state index in [4.69, 9.17) is 4.52 Å². The molecule has 0 spiro atoms. The zero-order valence-corrected chi connectivity index (χ0v) is 14.4. The van der Waals surface area contributed by atoms with E-state index in [0.717, 1.165) is 36.8 Å². The molecule has 0 amide bonds. The highest BCUT2D eigenvalue weighted by molar-refractivity contribution is 7.97. The molecule has 0 aliphatic carbocycles. The van der Waals surface area contributed by atoms with Crippen LogP contribution in [0.4, 0.5) is 0 Å². The number of benzene rings is 1. The van der Waals surface area contributed by atoms with E-state index in [1.807, 2.05) is 23.9 Å². The minimum Gasteiger partial charge on any atom is -0.334 e. The largest absolute Gasteiger partial charge is 0.334 e. The summed E-state index contributed by atoms with van der Waals surface area (Å²) in [4.78, 5) is 6.82. The third kappa shape index (κ3) is 3.81. The molecule has 5 nitrogen and oxygen atoms in total. The van der Waals surface area contributed by atoms with Crippen LogP contribution in [-0.4, -0.2) is 48.0 Å². The molecule has 22 heavy (non-hydrogen) atoms. The Morgan fingerprint density at radius 3 is 2.82 bits per heavy atom. The maximum atomic E-state index is 5.43. The number of thioether (sulfide) groups is 1. The summed E-state index contributed by atoms with van der Waals surface area (Å²) in [5.41, 5.74) is 2.28. The minimum atomic E-state index is 0. The van der Waals surface area contributed by atoms with Crippen molar-refractivity contribution in [3.63, 3.8) is 0 Å². The fourth-order valence-electron chi connectivity index (χ4n) is 2.49. The Bertz CT molecular complexity index is 589. The lowest BCUT2D eigenvalue weighted by Crippen LogP contribution is -2.44. The molecule has 1 atom stereocenters.